The van der Waals surface area contributed by atoms with E-state index in [1.165, 1.54) is 0 Å². The molecule has 0 N–H and O–H groups in total. The van der Waals surface area contributed by atoms with Crippen LogP contribution in [0.2, 0.25) is 0 Å². The Balaban J connectivity index is 2.03. The lowest BCUT2D eigenvalue weighted by atomic mass is 9.91. The van der Waals surface area contributed by atoms with Crippen LogP contribution in [-0.4, -0.2) is 25.3 Å². The topological polar surface area (TPSA) is 38.8 Å². The first kappa shape index (κ1) is 10.5. The Hall–Kier alpha value is -0.570. The van der Waals surface area contributed by atoms with Gasteiger partial charge in [0.15, 0.2) is 0 Å². The predicted molar refractivity (Wildman–Crippen MR) is 49.4 cm³/mol. The molecule has 0 radical (unpaired) electrons. The van der Waals surface area contributed by atoms with E-state index >= 15 is 0 Å². The third-order valence-corrected chi connectivity index (χ3v) is 1.91. The highest BCUT2D eigenvalue weighted by atomic mass is 16.6. The first-order valence-corrected chi connectivity index (χ1v) is 4.74. The number of carbonyl (C=O) groups excluding carboxylic acids is 1. The van der Waals surface area contributed by atoms with Gasteiger partial charge in [0.1, 0.15) is 12.7 Å². The van der Waals surface area contributed by atoms with Gasteiger partial charge in [0.25, 0.3) is 0 Å². The van der Waals surface area contributed by atoms with Crippen LogP contribution in [0.3, 0.4) is 0 Å². The summed E-state index contributed by atoms with van der Waals surface area (Å²) in [5, 5.41) is 0. The van der Waals surface area contributed by atoms with Crippen molar-refractivity contribution in [2.75, 3.05) is 13.2 Å². The van der Waals surface area contributed by atoms with E-state index in [0.717, 1.165) is 13.0 Å². The highest BCUT2D eigenvalue weighted by Crippen LogP contribution is 2.20. The molecule has 13 heavy (non-hydrogen) atoms. The molecule has 0 aromatic heterocycles. The summed E-state index contributed by atoms with van der Waals surface area (Å²) in [6, 6.07) is 0. The molecule has 1 unspecified atom stereocenters. The molecule has 1 aliphatic rings. The minimum atomic E-state index is -0.106. The van der Waals surface area contributed by atoms with Crippen LogP contribution in [0.15, 0.2) is 0 Å². The average Bonchev–Trinajstić information content (AvgIpc) is 2.78. The number of hydrogen-bond donors (Lipinski definition) is 0. The molecule has 0 aliphatic carbocycles. The Kier molecular flexibility index (Phi) is 3.31. The van der Waals surface area contributed by atoms with Gasteiger partial charge in [-0.3, -0.25) is 4.79 Å². The van der Waals surface area contributed by atoms with E-state index in [1.807, 2.05) is 0 Å². The highest BCUT2D eigenvalue weighted by molar-refractivity contribution is 5.69. The van der Waals surface area contributed by atoms with Gasteiger partial charge in [0, 0.05) is 6.42 Å². The number of epoxide rings is 1. The first-order valence-electron chi connectivity index (χ1n) is 4.74. The number of esters is 1. The summed E-state index contributed by atoms with van der Waals surface area (Å²) >= 11 is 0. The van der Waals surface area contributed by atoms with Gasteiger partial charge < -0.3 is 9.47 Å². The lowest BCUT2D eigenvalue weighted by Gasteiger charge is -2.16. The summed E-state index contributed by atoms with van der Waals surface area (Å²) in [5.41, 5.74) is 0.203. The maximum absolute atomic E-state index is 11.1. The Morgan fingerprint density at radius 3 is 2.62 bits per heavy atom. The fourth-order valence-electron chi connectivity index (χ4n) is 0.899. The molecule has 0 amide bonds. The van der Waals surface area contributed by atoms with Crippen molar-refractivity contribution >= 4 is 5.97 Å². The maximum Gasteiger partial charge on any atom is 0.305 e. The van der Waals surface area contributed by atoms with Crippen molar-refractivity contribution in [1.82, 2.24) is 0 Å². The van der Waals surface area contributed by atoms with Gasteiger partial charge in [0.05, 0.1) is 6.61 Å². The molecule has 3 nitrogen and oxygen atoms in total. The molecule has 0 aromatic rings. The van der Waals surface area contributed by atoms with Crippen molar-refractivity contribution in [3.8, 4) is 0 Å². The third kappa shape index (κ3) is 5.64. The second-order valence-corrected chi connectivity index (χ2v) is 4.70. The molecule has 1 aliphatic heterocycles. The Morgan fingerprint density at radius 1 is 1.54 bits per heavy atom. The lowest BCUT2D eigenvalue weighted by molar-refractivity contribution is -0.144. The van der Waals surface area contributed by atoms with Gasteiger partial charge in [-0.2, -0.15) is 0 Å². The SMILES string of the molecule is CC(C)(C)CCC(=O)OCC1CO1. The first-order chi connectivity index (χ1) is 5.97. The van der Waals surface area contributed by atoms with Gasteiger partial charge in [-0.15, -0.1) is 0 Å². The molecule has 0 bridgehead atoms. The van der Waals surface area contributed by atoms with Crippen molar-refractivity contribution in [1.29, 1.82) is 0 Å². The van der Waals surface area contributed by atoms with E-state index in [-0.39, 0.29) is 17.5 Å². The molecule has 0 aromatic carbocycles. The Bertz CT molecular complexity index is 177. The van der Waals surface area contributed by atoms with E-state index in [9.17, 15) is 4.79 Å². The zero-order valence-corrected chi connectivity index (χ0v) is 8.63. The molecule has 1 rings (SSSR count). The number of rotatable bonds is 4. The van der Waals surface area contributed by atoms with Crippen LogP contribution in [0.4, 0.5) is 0 Å². The van der Waals surface area contributed by atoms with Crippen LogP contribution in [0.25, 0.3) is 0 Å². The van der Waals surface area contributed by atoms with Crippen molar-refractivity contribution < 1.29 is 14.3 Å². The summed E-state index contributed by atoms with van der Waals surface area (Å²) in [6.07, 6.45) is 1.56. The maximum atomic E-state index is 11.1. The van der Waals surface area contributed by atoms with Gasteiger partial charge in [-0.25, -0.2) is 0 Å². The van der Waals surface area contributed by atoms with E-state index in [0.29, 0.717) is 13.0 Å². The molecule has 0 saturated carbocycles. The van der Waals surface area contributed by atoms with Crippen molar-refractivity contribution in [3.63, 3.8) is 0 Å². The Morgan fingerprint density at radius 2 is 2.15 bits per heavy atom. The van der Waals surface area contributed by atoms with Crippen LogP contribution in [0.5, 0.6) is 0 Å². The summed E-state index contributed by atoms with van der Waals surface area (Å²) in [6.45, 7) is 7.52. The van der Waals surface area contributed by atoms with Crippen LogP contribution in [0.1, 0.15) is 33.6 Å². The molecule has 1 atom stereocenters. The minimum absolute atomic E-state index is 0.106. The van der Waals surface area contributed by atoms with Gasteiger partial charge in [-0.05, 0) is 11.8 Å². The van der Waals surface area contributed by atoms with Crippen LogP contribution < -0.4 is 0 Å². The molecule has 1 saturated heterocycles. The summed E-state index contributed by atoms with van der Waals surface area (Å²) in [5.74, 6) is -0.106. The second-order valence-electron chi connectivity index (χ2n) is 4.70. The van der Waals surface area contributed by atoms with Gasteiger partial charge in [-0.1, -0.05) is 20.8 Å². The largest absolute Gasteiger partial charge is 0.463 e. The number of hydrogen-bond acceptors (Lipinski definition) is 3. The highest BCUT2D eigenvalue weighted by Gasteiger charge is 2.24. The summed E-state index contributed by atoms with van der Waals surface area (Å²) < 4.78 is 9.92. The third-order valence-electron chi connectivity index (χ3n) is 1.91. The van der Waals surface area contributed by atoms with Crippen LogP contribution in [-0.2, 0) is 14.3 Å². The fourth-order valence-corrected chi connectivity index (χ4v) is 0.899. The molecular weight excluding hydrogens is 168 g/mol. The van der Waals surface area contributed by atoms with Crippen LogP contribution >= 0.6 is 0 Å². The molecule has 1 heterocycles. The zero-order valence-electron chi connectivity index (χ0n) is 8.63. The fraction of sp³-hybridized carbons (Fsp3) is 0.900. The van der Waals surface area contributed by atoms with E-state index < -0.39 is 0 Å². The second kappa shape index (κ2) is 4.09. The van der Waals surface area contributed by atoms with Crippen molar-refractivity contribution in [2.24, 2.45) is 5.41 Å². The summed E-state index contributed by atoms with van der Waals surface area (Å²) in [7, 11) is 0. The number of carbonyl (C=O) groups is 1. The molecular formula is C10H18O3. The van der Waals surface area contributed by atoms with Gasteiger partial charge in [0.2, 0.25) is 0 Å². The smallest absolute Gasteiger partial charge is 0.305 e. The lowest BCUT2D eigenvalue weighted by Crippen LogP contribution is -2.13. The van der Waals surface area contributed by atoms with Crippen molar-refractivity contribution in [3.05, 3.63) is 0 Å². The predicted octanol–water partition coefficient (Wildman–Crippen LogP) is 1.75. The number of ether oxygens (including phenoxy) is 2. The molecule has 0 spiro atoms. The molecule has 3 heteroatoms. The van der Waals surface area contributed by atoms with E-state index in [1.54, 1.807) is 0 Å². The summed E-state index contributed by atoms with van der Waals surface area (Å²) in [4.78, 5) is 11.1. The molecule has 76 valence electrons. The van der Waals surface area contributed by atoms with Crippen LogP contribution in [0, 0.1) is 5.41 Å². The Labute approximate surface area is 79.4 Å². The quantitative estimate of drug-likeness (QED) is 0.496. The molecule has 1 fully saturated rings. The van der Waals surface area contributed by atoms with E-state index in [2.05, 4.69) is 20.8 Å². The normalized spacial score (nSPS) is 21.3. The van der Waals surface area contributed by atoms with Crippen molar-refractivity contribution in [2.45, 2.75) is 39.7 Å². The van der Waals surface area contributed by atoms with E-state index in [4.69, 9.17) is 9.47 Å². The minimum Gasteiger partial charge on any atom is -0.463 e. The zero-order chi connectivity index (χ0) is 9.90. The monoisotopic (exact) mass is 186 g/mol. The van der Waals surface area contributed by atoms with Gasteiger partial charge >= 0.3 is 5.97 Å². The standard InChI is InChI=1S/C10H18O3/c1-10(2,3)5-4-9(11)13-7-8-6-12-8/h8H,4-7H2,1-3H3. The average molecular weight is 186 g/mol.